The first-order valence-corrected chi connectivity index (χ1v) is 6.59. The molecule has 2 unspecified atom stereocenters. The van der Waals surface area contributed by atoms with Crippen molar-refractivity contribution in [1.29, 1.82) is 0 Å². The van der Waals surface area contributed by atoms with Crippen LogP contribution in [0.25, 0.3) is 0 Å². The molecule has 0 saturated carbocycles. The van der Waals surface area contributed by atoms with E-state index in [1.807, 2.05) is 6.92 Å². The summed E-state index contributed by atoms with van der Waals surface area (Å²) in [5.41, 5.74) is -0.248. The summed E-state index contributed by atoms with van der Waals surface area (Å²) in [5.74, 6) is 0. The predicted molar refractivity (Wildman–Crippen MR) is 60.5 cm³/mol. The molecule has 1 nitrogen and oxygen atoms in total. The summed E-state index contributed by atoms with van der Waals surface area (Å²) in [6.07, 6.45) is -1.93. The van der Waals surface area contributed by atoms with E-state index < -0.39 is 11.7 Å². The van der Waals surface area contributed by atoms with Crippen LogP contribution in [0.3, 0.4) is 0 Å². The van der Waals surface area contributed by atoms with Gasteiger partial charge in [-0.1, -0.05) is 0 Å². The van der Waals surface area contributed by atoms with Gasteiger partial charge in [0.25, 0.3) is 0 Å². The van der Waals surface area contributed by atoms with Crippen molar-refractivity contribution in [2.24, 2.45) is 0 Å². The maximum absolute atomic E-state index is 12.3. The summed E-state index contributed by atoms with van der Waals surface area (Å²) < 4.78 is 37.4. The number of alkyl halides is 3. The number of pyridine rings is 1. The van der Waals surface area contributed by atoms with E-state index in [9.17, 15) is 13.2 Å². The van der Waals surface area contributed by atoms with Crippen LogP contribution in [0.4, 0.5) is 13.2 Å². The number of rotatable bonds is 3. The fourth-order valence-electron chi connectivity index (χ4n) is 1.16. The summed E-state index contributed by atoms with van der Waals surface area (Å²) in [6, 6.07) is 0.944. The van der Waals surface area contributed by atoms with Crippen LogP contribution in [-0.2, 0) is 12.6 Å². The van der Waals surface area contributed by atoms with E-state index in [0.717, 1.165) is 18.7 Å². The third-order valence-electron chi connectivity index (χ3n) is 2.22. The Morgan fingerprint density at radius 2 is 2.12 bits per heavy atom. The van der Waals surface area contributed by atoms with E-state index in [4.69, 9.17) is 11.6 Å². The molecule has 2 atom stereocenters. The van der Waals surface area contributed by atoms with Crippen LogP contribution in [-0.4, -0.2) is 21.8 Å². The summed E-state index contributed by atoms with van der Waals surface area (Å²) >= 11 is 7.33. The molecule has 0 bridgehead atoms. The van der Waals surface area contributed by atoms with Crippen LogP contribution in [0, 0.1) is 0 Å². The molecule has 1 heterocycles. The molecule has 0 amide bonds. The van der Waals surface area contributed by atoms with E-state index in [1.54, 1.807) is 16.9 Å². The summed E-state index contributed by atoms with van der Waals surface area (Å²) in [7, 11) is 0. The minimum atomic E-state index is -4.38. The van der Waals surface area contributed by atoms with Crippen molar-refractivity contribution in [2.75, 3.05) is 0 Å². The van der Waals surface area contributed by atoms with Gasteiger partial charge in [-0.3, -0.25) is 0 Å². The van der Waals surface area contributed by atoms with Crippen molar-refractivity contribution in [3.8, 4) is 0 Å². The second kappa shape index (κ2) is 5.41. The zero-order valence-corrected chi connectivity index (χ0v) is 11.9. The molecule has 0 aliphatic heterocycles. The molecule has 90 valence electrons. The topological polar surface area (TPSA) is 12.9 Å². The van der Waals surface area contributed by atoms with Gasteiger partial charge in [-0.15, -0.1) is 0 Å². The van der Waals surface area contributed by atoms with E-state index in [2.05, 4.69) is 4.98 Å². The Kier molecular flexibility index (Phi) is 4.69. The molecule has 0 spiro atoms. The molecule has 1 aromatic rings. The molecule has 16 heavy (non-hydrogen) atoms. The van der Waals surface area contributed by atoms with Gasteiger partial charge < -0.3 is 0 Å². The van der Waals surface area contributed by atoms with Gasteiger partial charge in [0.15, 0.2) is 0 Å². The standard InChI is InChI=1S/C10H12AsClF3N/c1-2-7(11)4-9-8(12)3-6(5-16-9)10(13,14)15/h3,5,7H,2,4,11H2,1H3. The molecule has 0 aromatic carbocycles. The van der Waals surface area contributed by atoms with Gasteiger partial charge in [0.1, 0.15) is 0 Å². The molecule has 6 heteroatoms. The van der Waals surface area contributed by atoms with Crippen LogP contribution < -0.4 is 0 Å². The zero-order valence-electron chi connectivity index (χ0n) is 8.68. The SMILES string of the molecule is CCC([AsH2])Cc1ncc(C(F)(F)F)cc1Cl. The average molecular weight is 314 g/mol. The molecule has 0 fully saturated rings. The second-order valence-electron chi connectivity index (χ2n) is 3.52. The molecule has 1 rings (SSSR count). The van der Waals surface area contributed by atoms with Crippen molar-refractivity contribution < 1.29 is 13.2 Å². The second-order valence-corrected chi connectivity index (χ2v) is 5.91. The van der Waals surface area contributed by atoms with Gasteiger partial charge in [0.05, 0.1) is 0 Å². The first kappa shape index (κ1) is 13.9. The van der Waals surface area contributed by atoms with Gasteiger partial charge >= 0.3 is 106 Å². The Morgan fingerprint density at radius 3 is 2.56 bits per heavy atom. The predicted octanol–water partition coefficient (Wildman–Crippen LogP) is 3.13. The number of aromatic nitrogens is 1. The van der Waals surface area contributed by atoms with Gasteiger partial charge in [-0.25, -0.2) is 0 Å². The average Bonchev–Trinajstić information content (AvgIpc) is 2.19. The maximum atomic E-state index is 12.3. The van der Waals surface area contributed by atoms with Crippen molar-refractivity contribution in [3.05, 3.63) is 28.5 Å². The van der Waals surface area contributed by atoms with E-state index in [1.165, 1.54) is 0 Å². The molecular weight excluding hydrogens is 301 g/mol. The Hall–Kier alpha value is -0.212. The Bertz CT molecular complexity index is 368. The van der Waals surface area contributed by atoms with E-state index in [0.29, 0.717) is 16.8 Å². The summed E-state index contributed by atoms with van der Waals surface area (Å²) in [4.78, 5) is 3.79. The van der Waals surface area contributed by atoms with Crippen molar-refractivity contribution >= 4 is 28.5 Å². The first-order valence-electron chi connectivity index (χ1n) is 4.81. The number of hydrogen-bond acceptors (Lipinski definition) is 1. The van der Waals surface area contributed by atoms with Gasteiger partial charge in [-0.2, -0.15) is 0 Å². The molecule has 0 saturated heterocycles. The molecule has 0 N–H and O–H groups in total. The third kappa shape index (κ3) is 3.67. The number of halogens is 4. The third-order valence-corrected chi connectivity index (χ3v) is 4.04. The Labute approximate surface area is 106 Å². The Balaban J connectivity index is 2.92. The molecule has 0 aliphatic carbocycles. The van der Waals surface area contributed by atoms with Crippen LogP contribution in [0.2, 0.25) is 9.73 Å². The number of nitrogens with zero attached hydrogens (tertiary/aromatic N) is 1. The van der Waals surface area contributed by atoms with Crippen molar-refractivity contribution in [1.82, 2.24) is 4.98 Å². The minimum absolute atomic E-state index is 0.103. The van der Waals surface area contributed by atoms with Crippen LogP contribution in [0.1, 0.15) is 24.6 Å². The fraction of sp³-hybridized carbons (Fsp3) is 0.500. The van der Waals surface area contributed by atoms with Gasteiger partial charge in [0.2, 0.25) is 0 Å². The van der Waals surface area contributed by atoms with Crippen LogP contribution in [0.15, 0.2) is 12.3 Å². The molecule has 1 aromatic heterocycles. The Morgan fingerprint density at radius 1 is 1.50 bits per heavy atom. The summed E-state index contributed by atoms with van der Waals surface area (Å²) in [6.45, 7) is 2.03. The van der Waals surface area contributed by atoms with Crippen LogP contribution in [0.5, 0.6) is 0 Å². The van der Waals surface area contributed by atoms with E-state index >= 15 is 0 Å². The molecule has 0 radical (unpaired) electrons. The zero-order chi connectivity index (χ0) is 12.3. The number of hydrogen-bond donors (Lipinski definition) is 0. The van der Waals surface area contributed by atoms with Gasteiger partial charge in [-0.05, 0) is 0 Å². The van der Waals surface area contributed by atoms with Crippen molar-refractivity contribution in [3.63, 3.8) is 0 Å². The normalized spacial score (nSPS) is 13.9. The quantitative estimate of drug-likeness (QED) is 0.781. The molecular formula is C10H12AsClF3N. The van der Waals surface area contributed by atoms with Gasteiger partial charge in [0, 0.05) is 0 Å². The first-order chi connectivity index (χ1) is 7.34. The van der Waals surface area contributed by atoms with Crippen molar-refractivity contribution in [2.45, 2.75) is 30.6 Å². The monoisotopic (exact) mass is 313 g/mol. The molecule has 0 aliphatic rings. The summed E-state index contributed by atoms with van der Waals surface area (Å²) in [5, 5.41) is 0.103. The van der Waals surface area contributed by atoms with E-state index in [-0.39, 0.29) is 5.02 Å². The fourth-order valence-corrected chi connectivity index (χ4v) is 1.88. The van der Waals surface area contributed by atoms with Crippen LogP contribution >= 0.6 is 11.6 Å².